The Morgan fingerprint density at radius 3 is 3.05 bits per heavy atom. The summed E-state index contributed by atoms with van der Waals surface area (Å²) in [5.74, 6) is 0.639. The first-order valence-corrected chi connectivity index (χ1v) is 7.69. The molecule has 5 heteroatoms. The Morgan fingerprint density at radius 2 is 2.19 bits per heavy atom. The molecule has 1 saturated carbocycles. The van der Waals surface area contributed by atoms with Crippen molar-refractivity contribution < 1.29 is 14.3 Å². The van der Waals surface area contributed by atoms with Crippen molar-refractivity contribution in [3.05, 3.63) is 23.8 Å². The molecule has 114 valence electrons. The lowest BCUT2D eigenvalue weighted by Gasteiger charge is -2.18. The third kappa shape index (κ3) is 3.95. The van der Waals surface area contributed by atoms with Gasteiger partial charge in [0.25, 0.3) is 5.91 Å². The van der Waals surface area contributed by atoms with Gasteiger partial charge >= 0.3 is 0 Å². The second kappa shape index (κ2) is 6.91. The minimum atomic E-state index is -0.0995. The molecule has 1 heterocycles. The van der Waals surface area contributed by atoms with E-state index in [0.29, 0.717) is 6.10 Å². The van der Waals surface area contributed by atoms with Gasteiger partial charge in [-0.3, -0.25) is 4.79 Å². The molecule has 1 aliphatic heterocycles. The lowest BCUT2D eigenvalue weighted by Crippen LogP contribution is -2.26. The van der Waals surface area contributed by atoms with Gasteiger partial charge in [-0.05, 0) is 30.5 Å². The summed E-state index contributed by atoms with van der Waals surface area (Å²) in [5, 5.41) is 6.19. The molecular weight excluding hydrogens is 268 g/mol. The van der Waals surface area contributed by atoms with Crippen LogP contribution in [0.4, 0.5) is 5.69 Å². The third-order valence-corrected chi connectivity index (χ3v) is 3.94. The predicted molar refractivity (Wildman–Crippen MR) is 80.5 cm³/mol. The van der Waals surface area contributed by atoms with E-state index < -0.39 is 0 Å². The van der Waals surface area contributed by atoms with Crippen LogP contribution in [0.2, 0.25) is 0 Å². The molecule has 0 spiro atoms. The van der Waals surface area contributed by atoms with E-state index in [1.807, 2.05) is 18.2 Å². The fraction of sp³-hybridized carbons (Fsp3) is 0.562. The summed E-state index contributed by atoms with van der Waals surface area (Å²) in [7, 11) is 0. The van der Waals surface area contributed by atoms with Crippen LogP contribution in [0.5, 0.6) is 5.75 Å². The maximum atomic E-state index is 11.3. The van der Waals surface area contributed by atoms with Crippen LogP contribution >= 0.6 is 0 Å². The van der Waals surface area contributed by atoms with E-state index in [4.69, 9.17) is 9.47 Å². The van der Waals surface area contributed by atoms with Crippen molar-refractivity contribution in [3.63, 3.8) is 0 Å². The average molecular weight is 290 g/mol. The number of carbonyl (C=O) groups is 1. The second-order valence-corrected chi connectivity index (χ2v) is 5.62. The van der Waals surface area contributed by atoms with Crippen LogP contribution in [0.25, 0.3) is 0 Å². The Hall–Kier alpha value is -1.59. The lowest BCUT2D eigenvalue weighted by molar-refractivity contribution is -0.118. The SMILES string of the molecule is O=C1COc2ccc(CNCCOC3CCCC3)cc2N1. The van der Waals surface area contributed by atoms with Gasteiger partial charge in [-0.2, -0.15) is 0 Å². The molecule has 0 unspecified atom stereocenters. The third-order valence-electron chi connectivity index (χ3n) is 3.94. The summed E-state index contributed by atoms with van der Waals surface area (Å²) in [6.45, 7) is 2.46. The average Bonchev–Trinajstić information content (AvgIpc) is 3.00. The van der Waals surface area contributed by atoms with Gasteiger partial charge in [0.15, 0.2) is 6.61 Å². The quantitative estimate of drug-likeness (QED) is 0.787. The predicted octanol–water partition coefficient (Wildman–Crippen LogP) is 2.07. The van der Waals surface area contributed by atoms with E-state index in [2.05, 4.69) is 10.6 Å². The number of rotatable bonds is 6. The van der Waals surface area contributed by atoms with Gasteiger partial charge in [-0.15, -0.1) is 0 Å². The number of hydrogen-bond acceptors (Lipinski definition) is 4. The first-order valence-electron chi connectivity index (χ1n) is 7.69. The second-order valence-electron chi connectivity index (χ2n) is 5.62. The maximum Gasteiger partial charge on any atom is 0.262 e. The van der Waals surface area contributed by atoms with E-state index in [9.17, 15) is 4.79 Å². The van der Waals surface area contributed by atoms with Crippen LogP contribution in [-0.2, 0) is 16.1 Å². The van der Waals surface area contributed by atoms with Crippen molar-refractivity contribution in [1.82, 2.24) is 5.32 Å². The Bertz CT molecular complexity index is 498. The highest BCUT2D eigenvalue weighted by Gasteiger charge is 2.16. The van der Waals surface area contributed by atoms with Crippen LogP contribution in [0.3, 0.4) is 0 Å². The smallest absolute Gasteiger partial charge is 0.262 e. The molecular formula is C16H22N2O3. The molecule has 0 radical (unpaired) electrons. The van der Waals surface area contributed by atoms with Crippen LogP contribution in [0.1, 0.15) is 31.2 Å². The van der Waals surface area contributed by atoms with Crippen molar-refractivity contribution in [2.75, 3.05) is 25.1 Å². The van der Waals surface area contributed by atoms with Crippen molar-refractivity contribution in [2.45, 2.75) is 38.3 Å². The molecule has 21 heavy (non-hydrogen) atoms. The molecule has 2 aliphatic rings. The zero-order chi connectivity index (χ0) is 14.5. The van der Waals surface area contributed by atoms with Crippen LogP contribution in [0, 0.1) is 0 Å². The highest BCUT2D eigenvalue weighted by atomic mass is 16.5. The normalized spacial score (nSPS) is 18.2. The van der Waals surface area contributed by atoms with Crippen molar-refractivity contribution >= 4 is 11.6 Å². The largest absolute Gasteiger partial charge is 0.482 e. The molecule has 1 amide bonds. The highest BCUT2D eigenvalue weighted by molar-refractivity contribution is 5.95. The molecule has 1 aromatic carbocycles. The van der Waals surface area contributed by atoms with Gasteiger partial charge < -0.3 is 20.1 Å². The Kier molecular flexibility index (Phi) is 4.72. The molecule has 1 aromatic rings. The molecule has 1 fully saturated rings. The summed E-state index contributed by atoms with van der Waals surface area (Å²) < 4.78 is 11.1. The Balaban J connectivity index is 1.41. The molecule has 1 aliphatic carbocycles. The van der Waals surface area contributed by atoms with E-state index in [1.165, 1.54) is 25.7 Å². The van der Waals surface area contributed by atoms with Crippen LogP contribution < -0.4 is 15.4 Å². The van der Waals surface area contributed by atoms with Gasteiger partial charge in [0.2, 0.25) is 0 Å². The van der Waals surface area contributed by atoms with Crippen molar-refractivity contribution in [2.24, 2.45) is 0 Å². The lowest BCUT2D eigenvalue weighted by atomic mass is 10.1. The Labute approximate surface area is 125 Å². The number of nitrogens with one attached hydrogen (secondary N) is 2. The molecule has 0 aromatic heterocycles. The first kappa shape index (κ1) is 14.4. The summed E-state index contributed by atoms with van der Waals surface area (Å²) in [6.07, 6.45) is 5.51. The van der Waals surface area contributed by atoms with Gasteiger partial charge in [-0.1, -0.05) is 18.9 Å². The number of carbonyl (C=O) groups excluding carboxylic acids is 1. The number of amides is 1. The highest BCUT2D eigenvalue weighted by Crippen LogP contribution is 2.28. The molecule has 3 rings (SSSR count). The van der Waals surface area contributed by atoms with Gasteiger partial charge in [0, 0.05) is 13.1 Å². The number of anilines is 1. The maximum absolute atomic E-state index is 11.3. The number of fused-ring (bicyclic) bond motifs is 1. The number of hydrogen-bond donors (Lipinski definition) is 2. The molecule has 0 saturated heterocycles. The van der Waals surface area contributed by atoms with Crippen LogP contribution in [-0.4, -0.2) is 31.8 Å². The van der Waals surface area contributed by atoms with Gasteiger partial charge in [0.1, 0.15) is 5.75 Å². The molecule has 0 atom stereocenters. The molecule has 0 bridgehead atoms. The van der Waals surface area contributed by atoms with Gasteiger partial charge in [0.05, 0.1) is 18.4 Å². The minimum Gasteiger partial charge on any atom is -0.482 e. The zero-order valence-electron chi connectivity index (χ0n) is 12.2. The van der Waals surface area contributed by atoms with E-state index >= 15 is 0 Å². The monoisotopic (exact) mass is 290 g/mol. The van der Waals surface area contributed by atoms with Crippen molar-refractivity contribution in [3.8, 4) is 5.75 Å². The number of ether oxygens (including phenoxy) is 2. The van der Waals surface area contributed by atoms with Gasteiger partial charge in [-0.25, -0.2) is 0 Å². The van der Waals surface area contributed by atoms with E-state index in [0.717, 1.165) is 36.7 Å². The fourth-order valence-electron chi connectivity index (χ4n) is 2.83. The van der Waals surface area contributed by atoms with Crippen LogP contribution in [0.15, 0.2) is 18.2 Å². The summed E-state index contributed by atoms with van der Waals surface area (Å²) in [6, 6.07) is 5.87. The summed E-state index contributed by atoms with van der Waals surface area (Å²) in [4.78, 5) is 11.3. The Morgan fingerprint density at radius 1 is 1.33 bits per heavy atom. The standard InChI is InChI=1S/C16H22N2O3/c19-16-11-21-15-6-5-12(9-14(15)18-16)10-17-7-8-20-13-3-1-2-4-13/h5-6,9,13,17H,1-4,7-8,10-11H2,(H,18,19). The van der Waals surface area contributed by atoms with E-state index in [1.54, 1.807) is 0 Å². The first-order chi connectivity index (χ1) is 10.3. The zero-order valence-corrected chi connectivity index (χ0v) is 12.2. The topological polar surface area (TPSA) is 59.6 Å². The van der Waals surface area contributed by atoms with E-state index in [-0.39, 0.29) is 12.5 Å². The molecule has 5 nitrogen and oxygen atoms in total. The van der Waals surface area contributed by atoms with Crippen molar-refractivity contribution in [1.29, 1.82) is 0 Å². The summed E-state index contributed by atoms with van der Waals surface area (Å²) >= 11 is 0. The minimum absolute atomic E-state index is 0.0995. The fourth-order valence-corrected chi connectivity index (χ4v) is 2.83. The summed E-state index contributed by atoms with van der Waals surface area (Å²) in [5.41, 5.74) is 1.88. The molecule has 2 N–H and O–H groups in total. The number of benzene rings is 1.